The Bertz CT molecular complexity index is 225. The second-order valence-corrected chi connectivity index (χ2v) is 3.27. The topological polar surface area (TPSA) is 9.23 Å². The molecule has 0 heterocycles. The predicted octanol–water partition coefficient (Wildman–Crippen LogP) is 2.74. The van der Waals surface area contributed by atoms with Gasteiger partial charge in [0, 0.05) is 13.0 Å². The molecular weight excluding hydrogens is 148 g/mol. The minimum Gasteiger partial charge on any atom is -0.384 e. The van der Waals surface area contributed by atoms with Gasteiger partial charge in [-0.25, -0.2) is 0 Å². The molecule has 0 fully saturated rings. The number of hydrogen-bond donors (Lipinski definition) is 0. The molecule has 1 nitrogen and oxygen atoms in total. The van der Waals surface area contributed by atoms with Gasteiger partial charge >= 0.3 is 0 Å². The van der Waals surface area contributed by atoms with Crippen molar-refractivity contribution >= 4 is 0 Å². The number of hydrogen-bond acceptors (Lipinski definition) is 1. The van der Waals surface area contributed by atoms with Crippen LogP contribution in [0.3, 0.4) is 0 Å². The van der Waals surface area contributed by atoms with Gasteiger partial charge in [0.25, 0.3) is 0 Å². The molecule has 0 saturated heterocycles. The van der Waals surface area contributed by atoms with E-state index in [0.717, 1.165) is 6.61 Å². The van der Waals surface area contributed by atoms with Crippen molar-refractivity contribution in [3.63, 3.8) is 0 Å². The Morgan fingerprint density at radius 1 is 1.25 bits per heavy atom. The summed E-state index contributed by atoms with van der Waals surface area (Å²) < 4.78 is 5.09. The summed E-state index contributed by atoms with van der Waals surface area (Å²) in [6.07, 6.45) is 0. The van der Waals surface area contributed by atoms with Crippen molar-refractivity contribution in [2.45, 2.75) is 19.8 Å². The Kier molecular flexibility index (Phi) is 3.30. The normalized spacial score (nSPS) is 12.9. The minimum absolute atomic E-state index is 0.496. The molecule has 0 aromatic heterocycles. The Morgan fingerprint density at radius 3 is 2.33 bits per heavy atom. The molecule has 0 bridgehead atoms. The number of ether oxygens (including phenoxy) is 1. The molecule has 0 amide bonds. The monoisotopic (exact) mass is 164 g/mol. The van der Waals surface area contributed by atoms with Gasteiger partial charge in [-0.3, -0.25) is 0 Å². The van der Waals surface area contributed by atoms with Crippen LogP contribution in [-0.2, 0) is 4.74 Å². The first-order valence-electron chi connectivity index (χ1n) is 4.29. The van der Waals surface area contributed by atoms with Gasteiger partial charge in [-0.2, -0.15) is 0 Å². The summed E-state index contributed by atoms with van der Waals surface area (Å²) in [6, 6.07) is 8.61. The van der Waals surface area contributed by atoms with Crippen LogP contribution >= 0.6 is 0 Å². The van der Waals surface area contributed by atoms with Crippen LogP contribution in [0.25, 0.3) is 0 Å². The molecule has 1 rings (SSSR count). The molecule has 0 aliphatic rings. The van der Waals surface area contributed by atoms with Crippen molar-refractivity contribution in [3.8, 4) is 0 Å². The van der Waals surface area contributed by atoms with Crippen LogP contribution in [0.15, 0.2) is 24.3 Å². The molecule has 1 aromatic carbocycles. The van der Waals surface area contributed by atoms with Gasteiger partial charge in [0.2, 0.25) is 0 Å². The van der Waals surface area contributed by atoms with Crippen LogP contribution in [0.2, 0.25) is 0 Å². The van der Waals surface area contributed by atoms with Crippen LogP contribution in [0.5, 0.6) is 0 Å². The van der Waals surface area contributed by atoms with Crippen molar-refractivity contribution in [1.29, 1.82) is 0 Å². The Labute approximate surface area is 74.4 Å². The number of rotatable bonds is 3. The van der Waals surface area contributed by atoms with Crippen LogP contribution < -0.4 is 0 Å². The SMILES string of the molecule is COCC(C)c1ccc(C)cc1. The standard InChI is InChI=1S/C11H16O/c1-9-4-6-11(7-5-9)10(2)8-12-3/h4-7,10H,8H2,1-3H3. The summed E-state index contributed by atoms with van der Waals surface area (Å²) in [6.45, 7) is 5.07. The van der Waals surface area contributed by atoms with E-state index in [9.17, 15) is 0 Å². The average molecular weight is 164 g/mol. The molecule has 1 aromatic rings. The van der Waals surface area contributed by atoms with Crippen molar-refractivity contribution in [1.82, 2.24) is 0 Å². The number of aryl methyl sites for hydroxylation is 1. The van der Waals surface area contributed by atoms with Gasteiger partial charge in [-0.15, -0.1) is 0 Å². The first kappa shape index (κ1) is 9.27. The predicted molar refractivity (Wildman–Crippen MR) is 51.5 cm³/mol. The third-order valence-electron chi connectivity index (χ3n) is 2.06. The van der Waals surface area contributed by atoms with E-state index in [2.05, 4.69) is 38.1 Å². The lowest BCUT2D eigenvalue weighted by Gasteiger charge is -2.10. The van der Waals surface area contributed by atoms with Gasteiger partial charge < -0.3 is 4.74 Å². The highest BCUT2D eigenvalue weighted by Gasteiger charge is 2.02. The molecule has 66 valence electrons. The van der Waals surface area contributed by atoms with Crippen LogP contribution in [0.4, 0.5) is 0 Å². The molecule has 1 unspecified atom stereocenters. The van der Waals surface area contributed by atoms with E-state index in [0.29, 0.717) is 5.92 Å². The molecule has 1 heteroatoms. The third kappa shape index (κ3) is 2.35. The van der Waals surface area contributed by atoms with E-state index in [4.69, 9.17) is 4.74 Å². The van der Waals surface area contributed by atoms with Crippen LogP contribution in [-0.4, -0.2) is 13.7 Å². The van der Waals surface area contributed by atoms with Gasteiger partial charge in [-0.1, -0.05) is 36.8 Å². The smallest absolute Gasteiger partial charge is 0.0528 e. The fraction of sp³-hybridized carbons (Fsp3) is 0.455. The number of benzene rings is 1. The summed E-state index contributed by atoms with van der Waals surface area (Å²) in [5, 5.41) is 0. The lowest BCUT2D eigenvalue weighted by Crippen LogP contribution is -2.01. The molecular formula is C11H16O. The van der Waals surface area contributed by atoms with Crippen LogP contribution in [0, 0.1) is 6.92 Å². The Morgan fingerprint density at radius 2 is 1.83 bits per heavy atom. The maximum atomic E-state index is 5.09. The zero-order valence-electron chi connectivity index (χ0n) is 8.00. The summed E-state index contributed by atoms with van der Waals surface area (Å²) in [5.74, 6) is 0.496. The van der Waals surface area contributed by atoms with E-state index in [1.165, 1.54) is 11.1 Å². The minimum atomic E-state index is 0.496. The lowest BCUT2D eigenvalue weighted by molar-refractivity contribution is 0.184. The van der Waals surface area contributed by atoms with Crippen molar-refractivity contribution in [2.75, 3.05) is 13.7 Å². The molecule has 1 atom stereocenters. The van der Waals surface area contributed by atoms with Crippen molar-refractivity contribution in [2.24, 2.45) is 0 Å². The fourth-order valence-electron chi connectivity index (χ4n) is 1.24. The highest BCUT2D eigenvalue weighted by atomic mass is 16.5. The lowest BCUT2D eigenvalue weighted by atomic mass is 10.0. The molecule has 12 heavy (non-hydrogen) atoms. The summed E-state index contributed by atoms with van der Waals surface area (Å²) in [4.78, 5) is 0. The molecule has 0 saturated carbocycles. The zero-order chi connectivity index (χ0) is 8.97. The van der Waals surface area contributed by atoms with Crippen molar-refractivity contribution < 1.29 is 4.74 Å². The van der Waals surface area contributed by atoms with Gasteiger partial charge in [-0.05, 0) is 12.5 Å². The quantitative estimate of drug-likeness (QED) is 0.667. The second kappa shape index (κ2) is 4.27. The van der Waals surface area contributed by atoms with E-state index in [1.807, 2.05) is 0 Å². The maximum Gasteiger partial charge on any atom is 0.0528 e. The summed E-state index contributed by atoms with van der Waals surface area (Å²) >= 11 is 0. The molecule has 0 spiro atoms. The maximum absolute atomic E-state index is 5.09. The van der Waals surface area contributed by atoms with Crippen molar-refractivity contribution in [3.05, 3.63) is 35.4 Å². The van der Waals surface area contributed by atoms with E-state index in [1.54, 1.807) is 7.11 Å². The third-order valence-corrected chi connectivity index (χ3v) is 2.06. The Hall–Kier alpha value is -0.820. The summed E-state index contributed by atoms with van der Waals surface area (Å²) in [7, 11) is 1.74. The number of methoxy groups -OCH3 is 1. The average Bonchev–Trinajstić information content (AvgIpc) is 2.06. The Balaban J connectivity index is 2.68. The largest absolute Gasteiger partial charge is 0.384 e. The summed E-state index contributed by atoms with van der Waals surface area (Å²) in [5.41, 5.74) is 2.66. The fourth-order valence-corrected chi connectivity index (χ4v) is 1.24. The van der Waals surface area contributed by atoms with Gasteiger partial charge in [0.15, 0.2) is 0 Å². The van der Waals surface area contributed by atoms with Crippen LogP contribution in [0.1, 0.15) is 24.0 Å². The molecule has 0 aliphatic carbocycles. The highest BCUT2D eigenvalue weighted by Crippen LogP contribution is 2.15. The first-order valence-corrected chi connectivity index (χ1v) is 4.29. The second-order valence-electron chi connectivity index (χ2n) is 3.27. The molecule has 0 aliphatic heterocycles. The highest BCUT2D eigenvalue weighted by molar-refractivity contribution is 5.23. The van der Waals surface area contributed by atoms with Gasteiger partial charge in [0.05, 0.1) is 6.61 Å². The van der Waals surface area contributed by atoms with E-state index >= 15 is 0 Å². The first-order chi connectivity index (χ1) is 5.74. The van der Waals surface area contributed by atoms with E-state index in [-0.39, 0.29) is 0 Å². The van der Waals surface area contributed by atoms with Gasteiger partial charge in [0.1, 0.15) is 0 Å². The molecule has 0 radical (unpaired) electrons. The van der Waals surface area contributed by atoms with E-state index < -0.39 is 0 Å². The molecule has 0 N–H and O–H groups in total. The zero-order valence-corrected chi connectivity index (χ0v) is 8.00.